The quantitative estimate of drug-likeness (QED) is 0.399. The van der Waals surface area contributed by atoms with Crippen LogP contribution >= 0.6 is 35.6 Å². The fraction of sp³-hybridized carbons (Fsp3) is 0.278. The fourth-order valence-electron chi connectivity index (χ4n) is 2.78. The minimum atomic E-state index is 0. The number of guanidine groups is 1. The van der Waals surface area contributed by atoms with Crippen molar-refractivity contribution in [3.05, 3.63) is 59.1 Å². The minimum absolute atomic E-state index is 0. The monoisotopic (exact) mass is 457 g/mol. The number of aliphatic imine (C=N–C) groups is 1. The lowest BCUT2D eigenvalue weighted by molar-refractivity contribution is 0.353. The Morgan fingerprint density at radius 2 is 1.92 bits per heavy atom. The first-order chi connectivity index (χ1) is 11.1. The molecule has 3 N–H and O–H groups in total. The number of methoxy groups -OCH3 is 1. The molecule has 0 aliphatic heterocycles. The molecule has 4 nitrogen and oxygen atoms in total. The molecule has 0 spiro atoms. The number of anilines is 1. The van der Waals surface area contributed by atoms with Gasteiger partial charge in [0.15, 0.2) is 5.96 Å². The average Bonchev–Trinajstić information content (AvgIpc) is 2.52. The number of halogens is 2. The molecule has 0 saturated heterocycles. The summed E-state index contributed by atoms with van der Waals surface area (Å²) in [6.45, 7) is 0. The molecule has 1 aliphatic carbocycles. The number of nitrogens with one attached hydrogen (secondary N) is 1. The van der Waals surface area contributed by atoms with Gasteiger partial charge in [-0.3, -0.25) is 0 Å². The van der Waals surface area contributed by atoms with Crippen molar-refractivity contribution < 1.29 is 4.74 Å². The van der Waals surface area contributed by atoms with Crippen molar-refractivity contribution in [2.75, 3.05) is 12.4 Å². The van der Waals surface area contributed by atoms with Crippen molar-refractivity contribution in [3.8, 4) is 5.75 Å². The molecule has 2 aromatic rings. The van der Waals surface area contributed by atoms with E-state index in [4.69, 9.17) is 22.1 Å². The highest BCUT2D eigenvalue weighted by atomic mass is 127. The minimum Gasteiger partial charge on any atom is -0.497 e. The third kappa shape index (κ3) is 4.77. The highest BCUT2D eigenvalue weighted by Gasteiger charge is 2.30. The SMILES string of the molecule is COc1cccc(NC(N)=NC2CC(c3ccc(Cl)cc3)C2)c1.I. The summed E-state index contributed by atoms with van der Waals surface area (Å²) in [5.74, 6) is 1.78. The van der Waals surface area contributed by atoms with Crippen molar-refractivity contribution in [1.82, 2.24) is 0 Å². The van der Waals surface area contributed by atoms with E-state index >= 15 is 0 Å². The van der Waals surface area contributed by atoms with Gasteiger partial charge in [-0.2, -0.15) is 0 Å². The molecule has 0 amide bonds. The molecule has 3 rings (SSSR count). The molecule has 0 bridgehead atoms. The largest absolute Gasteiger partial charge is 0.497 e. The molecule has 128 valence electrons. The van der Waals surface area contributed by atoms with Crippen molar-refractivity contribution in [1.29, 1.82) is 0 Å². The third-order valence-electron chi connectivity index (χ3n) is 4.12. The smallest absolute Gasteiger partial charge is 0.193 e. The van der Waals surface area contributed by atoms with Gasteiger partial charge in [-0.05, 0) is 48.6 Å². The van der Waals surface area contributed by atoms with Crippen molar-refractivity contribution in [2.24, 2.45) is 10.7 Å². The summed E-state index contributed by atoms with van der Waals surface area (Å²) < 4.78 is 5.19. The number of rotatable bonds is 4. The Balaban J connectivity index is 0.00000208. The van der Waals surface area contributed by atoms with Crippen LogP contribution in [0.4, 0.5) is 5.69 Å². The Bertz CT molecular complexity index is 700. The van der Waals surface area contributed by atoms with Crippen LogP contribution in [0.5, 0.6) is 5.75 Å². The summed E-state index contributed by atoms with van der Waals surface area (Å²) in [4.78, 5) is 4.54. The Morgan fingerprint density at radius 1 is 1.21 bits per heavy atom. The summed E-state index contributed by atoms with van der Waals surface area (Å²) >= 11 is 5.92. The normalized spacial score (nSPS) is 19.8. The van der Waals surface area contributed by atoms with E-state index in [1.54, 1.807) is 7.11 Å². The van der Waals surface area contributed by atoms with E-state index in [9.17, 15) is 0 Å². The number of hydrogen-bond acceptors (Lipinski definition) is 2. The van der Waals surface area contributed by atoms with Crippen molar-refractivity contribution in [3.63, 3.8) is 0 Å². The van der Waals surface area contributed by atoms with Crippen LogP contribution in [0.2, 0.25) is 5.02 Å². The third-order valence-corrected chi connectivity index (χ3v) is 4.37. The second-order valence-corrected chi connectivity index (χ2v) is 6.18. The lowest BCUT2D eigenvalue weighted by Gasteiger charge is -2.33. The molecule has 1 aliphatic rings. The molecule has 1 fully saturated rings. The first-order valence-electron chi connectivity index (χ1n) is 7.64. The van der Waals surface area contributed by atoms with E-state index in [0.29, 0.717) is 11.9 Å². The summed E-state index contributed by atoms with van der Waals surface area (Å²) in [5, 5.41) is 3.88. The number of benzene rings is 2. The van der Waals surface area contributed by atoms with Crippen LogP contribution in [0.1, 0.15) is 24.3 Å². The second kappa shape index (κ2) is 8.58. The van der Waals surface area contributed by atoms with E-state index in [1.807, 2.05) is 36.4 Å². The maximum Gasteiger partial charge on any atom is 0.193 e. The fourth-order valence-corrected chi connectivity index (χ4v) is 2.90. The van der Waals surface area contributed by atoms with Crippen LogP contribution in [0.3, 0.4) is 0 Å². The Kier molecular flexibility index (Phi) is 6.74. The van der Waals surface area contributed by atoms with Crippen LogP contribution in [-0.4, -0.2) is 19.1 Å². The van der Waals surface area contributed by atoms with Crippen LogP contribution < -0.4 is 15.8 Å². The molecule has 2 aromatic carbocycles. The van der Waals surface area contributed by atoms with E-state index in [1.165, 1.54) is 5.56 Å². The van der Waals surface area contributed by atoms with Crippen LogP contribution in [0.15, 0.2) is 53.5 Å². The van der Waals surface area contributed by atoms with Crippen molar-refractivity contribution in [2.45, 2.75) is 24.8 Å². The van der Waals surface area contributed by atoms with Gasteiger partial charge in [0.05, 0.1) is 13.2 Å². The summed E-state index contributed by atoms with van der Waals surface area (Å²) in [6, 6.07) is 15.9. The van der Waals surface area contributed by atoms with Gasteiger partial charge >= 0.3 is 0 Å². The van der Waals surface area contributed by atoms with Gasteiger partial charge in [0, 0.05) is 16.8 Å². The van der Waals surface area contributed by atoms with Gasteiger partial charge in [-0.1, -0.05) is 29.8 Å². The molecule has 6 heteroatoms. The topological polar surface area (TPSA) is 59.6 Å². The summed E-state index contributed by atoms with van der Waals surface area (Å²) in [7, 11) is 1.64. The first kappa shape index (κ1) is 18.9. The lowest BCUT2D eigenvalue weighted by atomic mass is 9.76. The molecular weight excluding hydrogens is 437 g/mol. The standard InChI is InChI=1S/C18H20ClN3O.HI/c1-23-17-4-2-3-15(11-17)21-18(20)22-16-9-13(10-16)12-5-7-14(19)8-6-12;/h2-8,11,13,16H,9-10H2,1H3,(H3,20,21,22);1H. The van der Waals surface area contributed by atoms with E-state index in [-0.39, 0.29) is 30.0 Å². The first-order valence-corrected chi connectivity index (χ1v) is 8.01. The van der Waals surface area contributed by atoms with Gasteiger partial charge in [-0.15, -0.1) is 24.0 Å². The maximum atomic E-state index is 5.99. The predicted octanol–water partition coefficient (Wildman–Crippen LogP) is 4.64. The Hall–Kier alpha value is -1.47. The second-order valence-electron chi connectivity index (χ2n) is 5.74. The molecule has 0 radical (unpaired) electrons. The van der Waals surface area contributed by atoms with Gasteiger partial charge in [0.2, 0.25) is 0 Å². The average molecular weight is 458 g/mol. The number of nitrogens with two attached hydrogens (primary N) is 1. The van der Waals surface area contributed by atoms with E-state index in [0.717, 1.165) is 29.3 Å². The number of ether oxygens (including phenoxy) is 1. The highest BCUT2D eigenvalue weighted by molar-refractivity contribution is 14.0. The summed E-state index contributed by atoms with van der Waals surface area (Å²) in [5.41, 5.74) is 8.19. The highest BCUT2D eigenvalue weighted by Crippen LogP contribution is 2.39. The zero-order valence-electron chi connectivity index (χ0n) is 13.4. The molecule has 0 unspecified atom stereocenters. The van der Waals surface area contributed by atoms with Crippen molar-refractivity contribution >= 4 is 47.2 Å². The zero-order chi connectivity index (χ0) is 16.2. The summed E-state index contributed by atoms with van der Waals surface area (Å²) in [6.07, 6.45) is 2.03. The molecule has 24 heavy (non-hydrogen) atoms. The number of hydrogen-bond donors (Lipinski definition) is 2. The maximum absolute atomic E-state index is 5.99. The Morgan fingerprint density at radius 3 is 2.58 bits per heavy atom. The number of nitrogens with zero attached hydrogens (tertiary/aromatic N) is 1. The molecule has 1 saturated carbocycles. The lowest BCUT2D eigenvalue weighted by Crippen LogP contribution is -2.31. The molecule has 0 aromatic heterocycles. The van der Waals surface area contributed by atoms with Gasteiger partial charge < -0.3 is 15.8 Å². The van der Waals surface area contributed by atoms with Crippen LogP contribution in [0, 0.1) is 0 Å². The van der Waals surface area contributed by atoms with Gasteiger partial charge in [0.1, 0.15) is 5.75 Å². The molecule has 0 heterocycles. The van der Waals surface area contributed by atoms with E-state index < -0.39 is 0 Å². The zero-order valence-corrected chi connectivity index (χ0v) is 16.5. The van der Waals surface area contributed by atoms with E-state index in [2.05, 4.69) is 22.4 Å². The Labute approximate surface area is 164 Å². The molecule has 0 atom stereocenters. The molecular formula is C18H21ClIN3O. The van der Waals surface area contributed by atoms with Gasteiger partial charge in [0.25, 0.3) is 0 Å². The van der Waals surface area contributed by atoms with Crippen LogP contribution in [0.25, 0.3) is 0 Å². The van der Waals surface area contributed by atoms with Crippen LogP contribution in [-0.2, 0) is 0 Å². The predicted molar refractivity (Wildman–Crippen MR) is 111 cm³/mol. The van der Waals surface area contributed by atoms with Gasteiger partial charge in [-0.25, -0.2) is 4.99 Å².